The lowest BCUT2D eigenvalue weighted by Gasteiger charge is -2.21. The molecule has 4 aromatic rings. The van der Waals surface area contributed by atoms with Gasteiger partial charge in [0.05, 0.1) is 23.7 Å². The third kappa shape index (κ3) is 8.88. The van der Waals surface area contributed by atoms with E-state index in [0.29, 0.717) is 32.8 Å². The highest BCUT2D eigenvalue weighted by molar-refractivity contribution is 5.91. The Morgan fingerprint density at radius 1 is 0.784 bits per heavy atom. The molecule has 0 saturated heterocycles. The highest BCUT2D eigenvalue weighted by Crippen LogP contribution is 2.13. The van der Waals surface area contributed by atoms with Crippen molar-refractivity contribution in [2.75, 3.05) is 18.5 Å². The van der Waals surface area contributed by atoms with Gasteiger partial charge >= 0.3 is 0 Å². The largest absolute Gasteiger partial charge is 0.367 e. The van der Waals surface area contributed by atoms with Gasteiger partial charge in [-0.15, -0.1) is 0 Å². The van der Waals surface area contributed by atoms with Crippen LogP contribution in [-0.4, -0.2) is 38.9 Å². The average molecular weight is 497 g/mol. The van der Waals surface area contributed by atoms with E-state index in [4.69, 9.17) is 10.5 Å². The molecule has 0 bridgehead atoms. The highest BCUT2D eigenvalue weighted by atomic mass is 16.5. The molecule has 3 heterocycles. The van der Waals surface area contributed by atoms with E-state index in [2.05, 4.69) is 25.2 Å². The molecule has 4 rings (SSSR count). The number of nitrogens with zero attached hydrogens (tertiary/aromatic N) is 4. The number of carbonyl (C=O) groups excluding carboxylic acids is 1. The predicted molar refractivity (Wildman–Crippen MR) is 143 cm³/mol. The maximum atomic E-state index is 12.2. The fraction of sp³-hybridized carbons (Fsp3) is 0.241. The molecule has 37 heavy (non-hydrogen) atoms. The zero-order valence-corrected chi connectivity index (χ0v) is 20.8. The summed E-state index contributed by atoms with van der Waals surface area (Å²) in [4.78, 5) is 28.0. The minimum atomic E-state index is -0.198. The smallest absolute Gasteiger partial charge is 0.250 e. The van der Waals surface area contributed by atoms with E-state index in [9.17, 15) is 4.79 Å². The second kappa shape index (κ2) is 13.9. The van der Waals surface area contributed by atoms with Gasteiger partial charge in [-0.1, -0.05) is 30.3 Å². The van der Waals surface area contributed by atoms with Crippen molar-refractivity contribution in [2.45, 2.75) is 32.7 Å². The molecule has 8 heteroatoms. The number of carbonyl (C=O) groups is 1. The Morgan fingerprint density at radius 3 is 1.95 bits per heavy atom. The second-order valence-corrected chi connectivity index (χ2v) is 8.72. The molecule has 0 unspecified atom stereocenters. The average Bonchev–Trinajstić information content (AvgIpc) is 2.92. The number of benzene rings is 1. The molecule has 0 aliphatic rings. The monoisotopic (exact) mass is 496 g/mol. The van der Waals surface area contributed by atoms with Gasteiger partial charge in [0, 0.05) is 43.9 Å². The van der Waals surface area contributed by atoms with E-state index in [-0.39, 0.29) is 12.5 Å². The molecule has 8 nitrogen and oxygen atoms in total. The Kier molecular flexibility index (Phi) is 9.83. The molecule has 1 amide bonds. The number of nitrogens with one attached hydrogen (secondary N) is 1. The van der Waals surface area contributed by atoms with Gasteiger partial charge in [-0.2, -0.15) is 0 Å². The van der Waals surface area contributed by atoms with Crippen molar-refractivity contribution in [1.82, 2.24) is 19.9 Å². The van der Waals surface area contributed by atoms with E-state index in [1.54, 1.807) is 18.6 Å². The zero-order chi connectivity index (χ0) is 25.7. The van der Waals surface area contributed by atoms with Crippen molar-refractivity contribution < 1.29 is 9.53 Å². The zero-order valence-electron chi connectivity index (χ0n) is 20.8. The van der Waals surface area contributed by atoms with Crippen LogP contribution in [0.25, 0.3) is 0 Å². The number of pyridine rings is 3. The van der Waals surface area contributed by atoms with Gasteiger partial charge in [0.15, 0.2) is 0 Å². The minimum absolute atomic E-state index is 0.0335. The van der Waals surface area contributed by atoms with Crippen LogP contribution >= 0.6 is 0 Å². The van der Waals surface area contributed by atoms with Crippen molar-refractivity contribution in [1.29, 1.82) is 0 Å². The van der Waals surface area contributed by atoms with E-state index >= 15 is 0 Å². The summed E-state index contributed by atoms with van der Waals surface area (Å²) in [6.07, 6.45) is 6.22. The molecule has 0 fully saturated rings. The maximum Gasteiger partial charge on any atom is 0.250 e. The normalized spacial score (nSPS) is 11.0. The molecule has 0 radical (unpaired) electrons. The number of hydrogen-bond acceptors (Lipinski definition) is 7. The summed E-state index contributed by atoms with van der Waals surface area (Å²) in [5, 5.41) is 2.84. The van der Waals surface area contributed by atoms with Gasteiger partial charge < -0.3 is 15.8 Å². The summed E-state index contributed by atoms with van der Waals surface area (Å²) in [5.41, 5.74) is 11.3. The van der Waals surface area contributed by atoms with E-state index in [0.717, 1.165) is 40.3 Å². The van der Waals surface area contributed by atoms with Crippen LogP contribution in [0, 0.1) is 0 Å². The lowest BCUT2D eigenvalue weighted by molar-refractivity contribution is -0.121. The lowest BCUT2D eigenvalue weighted by Crippen LogP contribution is -2.24. The summed E-state index contributed by atoms with van der Waals surface area (Å²) in [5.74, 6) is -0.198. The molecule has 0 aliphatic carbocycles. The van der Waals surface area contributed by atoms with Crippen LogP contribution in [0.2, 0.25) is 0 Å². The molecular formula is C29H32N6O2. The number of anilines is 1. The molecular weight excluding hydrogens is 464 g/mol. The first-order chi connectivity index (χ1) is 18.2. The topological polar surface area (TPSA) is 106 Å². The fourth-order valence-corrected chi connectivity index (χ4v) is 3.85. The van der Waals surface area contributed by atoms with Gasteiger partial charge in [-0.05, 0) is 66.6 Å². The van der Waals surface area contributed by atoms with E-state index in [1.165, 1.54) is 0 Å². The van der Waals surface area contributed by atoms with Crippen molar-refractivity contribution in [3.63, 3.8) is 0 Å². The third-order valence-electron chi connectivity index (χ3n) is 5.67. The van der Waals surface area contributed by atoms with Gasteiger partial charge in [-0.3, -0.25) is 24.6 Å². The van der Waals surface area contributed by atoms with Crippen LogP contribution in [0.5, 0.6) is 0 Å². The Labute approximate surface area is 217 Å². The third-order valence-corrected chi connectivity index (χ3v) is 5.67. The van der Waals surface area contributed by atoms with Crippen LogP contribution in [0.3, 0.4) is 0 Å². The molecule has 0 atom stereocenters. The number of aromatic nitrogens is 3. The number of hydrogen-bond donors (Lipinski definition) is 2. The predicted octanol–water partition coefficient (Wildman–Crippen LogP) is 3.73. The van der Waals surface area contributed by atoms with Crippen LogP contribution in [0.15, 0.2) is 91.4 Å². The van der Waals surface area contributed by atoms with Crippen LogP contribution in [0.4, 0.5) is 5.69 Å². The second-order valence-electron chi connectivity index (χ2n) is 8.72. The van der Waals surface area contributed by atoms with Crippen LogP contribution < -0.4 is 11.1 Å². The Balaban J connectivity index is 1.27. The minimum Gasteiger partial charge on any atom is -0.367 e. The standard InChI is InChI=1S/C29H32N6O2/c30-14-13-23-7-10-25(11-8-23)34-29(36)22-37-21-24-9-12-28(33-17-24)20-35(18-26-5-1-3-15-31-26)19-27-6-2-4-16-32-27/h1-12,15-17H,13-14,18-22,30H2,(H,34,36). The lowest BCUT2D eigenvalue weighted by atomic mass is 10.1. The molecule has 0 saturated carbocycles. The van der Waals surface area contributed by atoms with Crippen molar-refractivity contribution >= 4 is 11.6 Å². The first kappa shape index (κ1) is 26.1. The van der Waals surface area contributed by atoms with Gasteiger partial charge in [0.2, 0.25) is 5.91 Å². The summed E-state index contributed by atoms with van der Waals surface area (Å²) < 4.78 is 5.60. The first-order valence-corrected chi connectivity index (χ1v) is 12.3. The van der Waals surface area contributed by atoms with Crippen molar-refractivity contribution in [3.05, 3.63) is 120 Å². The molecule has 0 aliphatic heterocycles. The number of rotatable bonds is 13. The van der Waals surface area contributed by atoms with Gasteiger partial charge in [0.25, 0.3) is 0 Å². The summed E-state index contributed by atoms with van der Waals surface area (Å²) in [6, 6.07) is 23.5. The van der Waals surface area contributed by atoms with Crippen LogP contribution in [0.1, 0.15) is 28.2 Å². The molecule has 3 aromatic heterocycles. The van der Waals surface area contributed by atoms with E-state index < -0.39 is 0 Å². The molecule has 1 aromatic carbocycles. The van der Waals surface area contributed by atoms with Gasteiger partial charge in [0.1, 0.15) is 6.61 Å². The summed E-state index contributed by atoms with van der Waals surface area (Å²) >= 11 is 0. The number of nitrogens with two attached hydrogens (primary N) is 1. The highest BCUT2D eigenvalue weighted by Gasteiger charge is 2.11. The van der Waals surface area contributed by atoms with Crippen LogP contribution in [-0.2, 0) is 42.2 Å². The van der Waals surface area contributed by atoms with Crippen molar-refractivity contribution in [2.24, 2.45) is 5.73 Å². The Morgan fingerprint density at radius 2 is 1.41 bits per heavy atom. The Bertz CT molecular complexity index is 1180. The number of ether oxygens (including phenoxy) is 1. The van der Waals surface area contributed by atoms with Crippen molar-refractivity contribution in [3.8, 4) is 0 Å². The quantitative estimate of drug-likeness (QED) is 0.290. The fourth-order valence-electron chi connectivity index (χ4n) is 3.85. The summed E-state index contributed by atoms with van der Waals surface area (Å²) in [6.45, 7) is 2.91. The van der Waals surface area contributed by atoms with Gasteiger partial charge in [-0.25, -0.2) is 0 Å². The maximum absolute atomic E-state index is 12.2. The number of amides is 1. The SMILES string of the molecule is NCCc1ccc(NC(=O)COCc2ccc(CN(Cc3ccccn3)Cc3ccccn3)nc2)cc1. The summed E-state index contributed by atoms with van der Waals surface area (Å²) in [7, 11) is 0. The first-order valence-electron chi connectivity index (χ1n) is 12.3. The van der Waals surface area contributed by atoms with E-state index in [1.807, 2.05) is 72.8 Å². The Hall–Kier alpha value is -3.98. The molecule has 190 valence electrons. The molecule has 3 N–H and O–H groups in total. The molecule has 0 spiro atoms.